The van der Waals surface area contributed by atoms with Crippen LogP contribution in [-0.4, -0.2) is 25.3 Å². The Hall–Kier alpha value is -2.95. The van der Waals surface area contributed by atoms with Crippen LogP contribution >= 0.6 is 0 Å². The first-order valence-corrected chi connectivity index (χ1v) is 11.8. The first-order chi connectivity index (χ1) is 16.0. The van der Waals surface area contributed by atoms with Gasteiger partial charge in [-0.05, 0) is 55.5 Å². The molecule has 33 heavy (non-hydrogen) atoms. The van der Waals surface area contributed by atoms with Gasteiger partial charge >= 0.3 is 0 Å². The second kappa shape index (κ2) is 10.3. The van der Waals surface area contributed by atoms with Crippen LogP contribution in [0.4, 0.5) is 4.39 Å². The lowest BCUT2D eigenvalue weighted by Gasteiger charge is -2.25. The van der Waals surface area contributed by atoms with E-state index in [4.69, 9.17) is 9.47 Å². The molecule has 0 N–H and O–H groups in total. The number of carbonyl (C=O) groups excluding carboxylic acids is 2. The molecule has 4 nitrogen and oxygen atoms in total. The van der Waals surface area contributed by atoms with Gasteiger partial charge in [-0.25, -0.2) is 4.39 Å². The normalized spacial score (nSPS) is 20.9. The summed E-state index contributed by atoms with van der Waals surface area (Å²) >= 11 is 0. The van der Waals surface area contributed by atoms with Crippen molar-refractivity contribution in [1.29, 1.82) is 0 Å². The Balaban J connectivity index is 1.71. The highest BCUT2D eigenvalue weighted by molar-refractivity contribution is 5.99. The van der Waals surface area contributed by atoms with Gasteiger partial charge in [-0.15, -0.1) is 0 Å². The summed E-state index contributed by atoms with van der Waals surface area (Å²) in [5.74, 6) is 0.866. The van der Waals surface area contributed by atoms with E-state index in [0.717, 1.165) is 42.4 Å². The highest BCUT2D eigenvalue weighted by Gasteiger charge is 2.37. The predicted molar refractivity (Wildman–Crippen MR) is 125 cm³/mol. The molecule has 0 radical (unpaired) electrons. The molecule has 1 fully saturated rings. The fourth-order valence-corrected chi connectivity index (χ4v) is 5.19. The molecule has 0 amide bonds. The molecule has 0 spiro atoms. The summed E-state index contributed by atoms with van der Waals surface area (Å²) in [6.45, 7) is 1.44. The van der Waals surface area contributed by atoms with Crippen molar-refractivity contribution in [3.63, 3.8) is 0 Å². The number of methoxy groups -OCH3 is 1. The Kier molecular flexibility index (Phi) is 7.26. The minimum Gasteiger partial charge on any atom is -0.493 e. The highest BCUT2D eigenvalue weighted by atomic mass is 19.1. The van der Waals surface area contributed by atoms with E-state index in [-0.39, 0.29) is 41.7 Å². The third kappa shape index (κ3) is 5.18. The molecular weight excluding hydrogens is 419 g/mol. The van der Waals surface area contributed by atoms with Crippen molar-refractivity contribution in [1.82, 2.24) is 0 Å². The van der Waals surface area contributed by atoms with Crippen molar-refractivity contribution in [3.8, 4) is 11.5 Å². The molecule has 2 aliphatic carbocycles. The maximum atomic E-state index is 13.7. The molecule has 174 valence electrons. The average Bonchev–Trinajstić information content (AvgIpc) is 3.28. The number of hydrogen-bond donors (Lipinski definition) is 0. The van der Waals surface area contributed by atoms with E-state index in [1.54, 1.807) is 25.3 Å². The predicted octanol–water partition coefficient (Wildman–Crippen LogP) is 6.15. The molecule has 0 heterocycles. The van der Waals surface area contributed by atoms with Gasteiger partial charge in [-0.2, -0.15) is 0 Å². The van der Waals surface area contributed by atoms with Gasteiger partial charge in [0.25, 0.3) is 0 Å². The van der Waals surface area contributed by atoms with E-state index in [9.17, 15) is 14.0 Å². The van der Waals surface area contributed by atoms with Gasteiger partial charge < -0.3 is 9.47 Å². The standard InChI is InChI=1S/C28H31FO4/c1-18(30)17-33-26-10-6-9-23(28(26)32-2)24-15-21(19-11-13-22(29)14-12-19)16-25(24)27(31)20-7-4-3-5-8-20/h6,9-14,16,20-21,24H,3-5,7-8,15,17H2,1-2H3. The maximum absolute atomic E-state index is 13.7. The maximum Gasteiger partial charge on any atom is 0.167 e. The molecule has 5 heteroatoms. The largest absolute Gasteiger partial charge is 0.493 e. The number of benzene rings is 2. The summed E-state index contributed by atoms with van der Waals surface area (Å²) in [5.41, 5.74) is 2.70. The molecular formula is C28H31FO4. The third-order valence-corrected chi connectivity index (χ3v) is 6.82. The Bertz CT molecular complexity index is 1030. The van der Waals surface area contributed by atoms with Gasteiger partial charge in [-0.1, -0.05) is 49.6 Å². The summed E-state index contributed by atoms with van der Waals surface area (Å²) in [7, 11) is 1.58. The number of Topliss-reactive ketones (excluding diaryl/α,β-unsaturated/α-hetero) is 2. The molecule has 0 saturated heterocycles. The van der Waals surface area contributed by atoms with Crippen LogP contribution in [0.1, 0.15) is 68.4 Å². The molecule has 2 aromatic carbocycles. The molecule has 1 saturated carbocycles. The van der Waals surface area contributed by atoms with Crippen molar-refractivity contribution in [2.75, 3.05) is 13.7 Å². The topological polar surface area (TPSA) is 52.6 Å². The average molecular weight is 451 g/mol. The van der Waals surface area contributed by atoms with E-state index in [2.05, 4.69) is 6.08 Å². The van der Waals surface area contributed by atoms with Gasteiger partial charge in [0.1, 0.15) is 12.4 Å². The number of rotatable bonds is 8. The first-order valence-electron chi connectivity index (χ1n) is 11.8. The Morgan fingerprint density at radius 1 is 1.03 bits per heavy atom. The highest BCUT2D eigenvalue weighted by Crippen LogP contribution is 2.49. The second-order valence-electron chi connectivity index (χ2n) is 9.14. The van der Waals surface area contributed by atoms with Crippen LogP contribution in [0.3, 0.4) is 0 Å². The second-order valence-corrected chi connectivity index (χ2v) is 9.14. The van der Waals surface area contributed by atoms with Crippen molar-refractivity contribution >= 4 is 11.6 Å². The summed E-state index contributed by atoms with van der Waals surface area (Å²) in [6.07, 6.45) is 8.02. The van der Waals surface area contributed by atoms with Crippen LogP contribution in [0.2, 0.25) is 0 Å². The summed E-state index contributed by atoms with van der Waals surface area (Å²) < 4.78 is 24.9. The van der Waals surface area contributed by atoms with E-state index in [1.165, 1.54) is 25.5 Å². The number of halogens is 1. The van der Waals surface area contributed by atoms with Crippen LogP contribution in [0.25, 0.3) is 0 Å². The van der Waals surface area contributed by atoms with E-state index >= 15 is 0 Å². The molecule has 0 aliphatic heterocycles. The summed E-state index contributed by atoms with van der Waals surface area (Å²) in [4.78, 5) is 25.1. The minimum atomic E-state index is -0.271. The molecule has 2 aromatic rings. The van der Waals surface area contributed by atoms with Crippen LogP contribution in [0, 0.1) is 11.7 Å². The Labute approximate surface area is 194 Å². The lowest BCUT2D eigenvalue weighted by molar-refractivity contribution is -0.120. The van der Waals surface area contributed by atoms with Gasteiger partial charge in [-0.3, -0.25) is 9.59 Å². The number of allylic oxidation sites excluding steroid dienone is 2. The molecule has 2 unspecified atom stereocenters. The zero-order chi connectivity index (χ0) is 23.4. The molecule has 0 aromatic heterocycles. The lowest BCUT2D eigenvalue weighted by atomic mass is 9.79. The SMILES string of the molecule is COc1c(OCC(C)=O)cccc1C1CC(c2ccc(F)cc2)C=C1C(=O)C1CCCCC1. The smallest absolute Gasteiger partial charge is 0.167 e. The zero-order valence-electron chi connectivity index (χ0n) is 19.3. The van der Waals surface area contributed by atoms with Gasteiger partial charge in [0.2, 0.25) is 0 Å². The van der Waals surface area contributed by atoms with Crippen molar-refractivity contribution < 1.29 is 23.5 Å². The lowest BCUT2D eigenvalue weighted by Crippen LogP contribution is -2.21. The van der Waals surface area contributed by atoms with Crippen molar-refractivity contribution in [2.24, 2.45) is 5.92 Å². The fourth-order valence-electron chi connectivity index (χ4n) is 5.19. The van der Waals surface area contributed by atoms with Gasteiger partial charge in [0, 0.05) is 23.3 Å². The molecule has 0 bridgehead atoms. The number of ether oxygens (including phenoxy) is 2. The number of hydrogen-bond acceptors (Lipinski definition) is 4. The van der Waals surface area contributed by atoms with Crippen molar-refractivity contribution in [2.45, 2.75) is 57.3 Å². The Morgan fingerprint density at radius 2 is 1.76 bits per heavy atom. The van der Waals surface area contributed by atoms with Crippen LogP contribution < -0.4 is 9.47 Å². The third-order valence-electron chi connectivity index (χ3n) is 6.82. The van der Waals surface area contributed by atoms with Gasteiger partial charge in [0.05, 0.1) is 7.11 Å². The summed E-state index contributed by atoms with van der Waals surface area (Å²) in [5, 5.41) is 0. The number of para-hydroxylation sites is 1. The number of carbonyl (C=O) groups is 2. The zero-order valence-corrected chi connectivity index (χ0v) is 19.3. The minimum absolute atomic E-state index is 0.0182. The number of ketones is 2. The molecule has 2 aliphatic rings. The van der Waals surface area contributed by atoms with E-state index in [1.807, 2.05) is 12.1 Å². The first kappa shape index (κ1) is 23.2. The van der Waals surface area contributed by atoms with Gasteiger partial charge in [0.15, 0.2) is 23.1 Å². The van der Waals surface area contributed by atoms with E-state index < -0.39 is 0 Å². The Morgan fingerprint density at radius 3 is 2.42 bits per heavy atom. The monoisotopic (exact) mass is 450 g/mol. The van der Waals surface area contributed by atoms with Crippen LogP contribution in [0.5, 0.6) is 11.5 Å². The van der Waals surface area contributed by atoms with E-state index in [0.29, 0.717) is 17.9 Å². The quantitative estimate of drug-likeness (QED) is 0.484. The van der Waals surface area contributed by atoms with Crippen LogP contribution in [-0.2, 0) is 9.59 Å². The summed E-state index contributed by atoms with van der Waals surface area (Å²) in [6, 6.07) is 12.2. The van der Waals surface area contributed by atoms with Crippen molar-refractivity contribution in [3.05, 3.63) is 71.1 Å². The fraction of sp³-hybridized carbons (Fsp3) is 0.429. The molecule has 4 rings (SSSR count). The van der Waals surface area contributed by atoms with Crippen LogP contribution in [0.15, 0.2) is 54.1 Å². The molecule has 2 atom stereocenters.